The third-order valence-corrected chi connectivity index (χ3v) is 5.80. The number of piperazine rings is 1. The quantitative estimate of drug-likeness (QED) is 0.483. The van der Waals surface area contributed by atoms with Gasteiger partial charge in [0.2, 0.25) is 0 Å². The first kappa shape index (κ1) is 20.3. The molecule has 1 saturated heterocycles. The summed E-state index contributed by atoms with van der Waals surface area (Å²) in [5.41, 5.74) is 3.67. The van der Waals surface area contributed by atoms with Crippen molar-refractivity contribution in [3.63, 3.8) is 0 Å². The van der Waals surface area contributed by atoms with Crippen LogP contribution in [0.15, 0.2) is 65.2 Å². The fourth-order valence-electron chi connectivity index (χ4n) is 4.11. The van der Waals surface area contributed by atoms with Gasteiger partial charge in [0.15, 0.2) is 5.76 Å². The van der Waals surface area contributed by atoms with Gasteiger partial charge >= 0.3 is 0 Å². The molecule has 3 heterocycles. The van der Waals surface area contributed by atoms with Gasteiger partial charge in [-0.3, -0.25) is 9.69 Å². The van der Waals surface area contributed by atoms with Crippen molar-refractivity contribution < 1.29 is 13.7 Å². The predicted molar refractivity (Wildman–Crippen MR) is 120 cm³/mol. The second-order valence-corrected chi connectivity index (χ2v) is 8.08. The number of carbonyl (C=O) groups excluding carboxylic acids is 1. The fraction of sp³-hybridized carbons (Fsp3) is 0.240. The average molecular weight is 430 g/mol. The minimum Gasteiger partial charge on any atom is -0.360 e. The number of amides is 1. The van der Waals surface area contributed by atoms with Crippen LogP contribution in [0.1, 0.15) is 21.8 Å². The van der Waals surface area contributed by atoms with Gasteiger partial charge in [-0.2, -0.15) is 0 Å². The molecule has 0 unspecified atom stereocenters. The van der Waals surface area contributed by atoms with E-state index in [2.05, 4.69) is 10.1 Å². The van der Waals surface area contributed by atoms with Crippen molar-refractivity contribution in [1.82, 2.24) is 19.9 Å². The molecule has 1 fully saturated rings. The van der Waals surface area contributed by atoms with Gasteiger partial charge in [0.25, 0.3) is 5.91 Å². The normalized spacial score (nSPS) is 14.8. The Hall–Kier alpha value is -3.58. The minimum absolute atomic E-state index is 0.0119. The Morgan fingerprint density at radius 1 is 1.03 bits per heavy atom. The molecule has 32 heavy (non-hydrogen) atoms. The molecule has 162 valence electrons. The van der Waals surface area contributed by atoms with Gasteiger partial charge in [-0.15, -0.1) is 0 Å². The van der Waals surface area contributed by atoms with E-state index in [1.807, 2.05) is 48.2 Å². The SMILES string of the molecule is Cc1cc(CN2CCN(C(=O)c3cc(-c4ccc(F)cc4)nc4ccccc34)CC2)on1. The molecular weight excluding hydrogens is 407 g/mol. The Morgan fingerprint density at radius 3 is 2.50 bits per heavy atom. The predicted octanol–water partition coefficient (Wildman–Crippen LogP) is 4.30. The van der Waals surface area contributed by atoms with E-state index in [0.29, 0.717) is 30.9 Å². The molecule has 0 atom stereocenters. The Labute approximate surface area is 185 Å². The smallest absolute Gasteiger partial charge is 0.254 e. The van der Waals surface area contributed by atoms with Crippen molar-refractivity contribution in [2.75, 3.05) is 26.2 Å². The number of pyridine rings is 1. The zero-order valence-electron chi connectivity index (χ0n) is 17.8. The molecule has 2 aromatic heterocycles. The van der Waals surface area contributed by atoms with Crippen LogP contribution in [0.3, 0.4) is 0 Å². The van der Waals surface area contributed by atoms with Gasteiger partial charge in [-0.25, -0.2) is 9.37 Å². The van der Waals surface area contributed by atoms with E-state index >= 15 is 0 Å². The van der Waals surface area contributed by atoms with E-state index in [1.165, 1.54) is 12.1 Å². The number of nitrogens with zero attached hydrogens (tertiary/aromatic N) is 4. The van der Waals surface area contributed by atoms with E-state index in [-0.39, 0.29) is 11.7 Å². The molecule has 5 rings (SSSR count). The van der Waals surface area contributed by atoms with Crippen LogP contribution >= 0.6 is 0 Å². The van der Waals surface area contributed by atoms with Crippen molar-refractivity contribution in [3.05, 3.63) is 83.5 Å². The standard InChI is InChI=1S/C25H23FN4O2/c1-17-14-20(32-28-17)16-29-10-12-30(13-11-29)25(31)22-15-24(18-6-8-19(26)9-7-18)27-23-5-3-2-4-21(22)23/h2-9,14-15H,10-13,16H2,1H3. The number of aromatic nitrogens is 2. The van der Waals surface area contributed by atoms with Crippen molar-refractivity contribution >= 4 is 16.8 Å². The number of fused-ring (bicyclic) bond motifs is 1. The van der Waals surface area contributed by atoms with Crippen molar-refractivity contribution in [2.24, 2.45) is 0 Å². The Balaban J connectivity index is 1.39. The van der Waals surface area contributed by atoms with Crippen LogP contribution < -0.4 is 0 Å². The molecule has 1 aliphatic rings. The van der Waals surface area contributed by atoms with Crippen LogP contribution in [-0.4, -0.2) is 52.0 Å². The number of aryl methyl sites for hydroxylation is 1. The number of carbonyl (C=O) groups is 1. The summed E-state index contributed by atoms with van der Waals surface area (Å²) in [5.74, 6) is 0.526. The monoisotopic (exact) mass is 430 g/mol. The Morgan fingerprint density at radius 2 is 1.78 bits per heavy atom. The number of para-hydroxylation sites is 1. The molecule has 0 aliphatic carbocycles. The highest BCUT2D eigenvalue weighted by Crippen LogP contribution is 2.26. The summed E-state index contributed by atoms with van der Waals surface area (Å²) in [6.45, 7) is 5.39. The summed E-state index contributed by atoms with van der Waals surface area (Å²) in [4.78, 5) is 22.4. The van der Waals surface area contributed by atoms with Gasteiger partial charge in [-0.1, -0.05) is 23.4 Å². The van der Waals surface area contributed by atoms with Crippen molar-refractivity contribution in [2.45, 2.75) is 13.5 Å². The maximum Gasteiger partial charge on any atom is 0.254 e. The zero-order chi connectivity index (χ0) is 22.1. The third kappa shape index (κ3) is 4.11. The summed E-state index contributed by atoms with van der Waals surface area (Å²) in [7, 11) is 0. The number of benzene rings is 2. The van der Waals surface area contributed by atoms with Gasteiger partial charge < -0.3 is 9.42 Å². The lowest BCUT2D eigenvalue weighted by Crippen LogP contribution is -2.48. The van der Waals surface area contributed by atoms with E-state index in [4.69, 9.17) is 9.51 Å². The van der Waals surface area contributed by atoms with E-state index < -0.39 is 0 Å². The molecule has 1 amide bonds. The Bertz CT molecular complexity index is 1260. The summed E-state index contributed by atoms with van der Waals surface area (Å²) in [5, 5.41) is 4.76. The highest BCUT2D eigenvalue weighted by atomic mass is 19.1. The lowest BCUT2D eigenvalue weighted by molar-refractivity contribution is 0.0619. The topological polar surface area (TPSA) is 62.5 Å². The third-order valence-electron chi connectivity index (χ3n) is 5.80. The number of rotatable bonds is 4. The molecule has 4 aromatic rings. The Kier molecular flexibility index (Phi) is 5.41. The van der Waals surface area contributed by atoms with Crippen LogP contribution in [-0.2, 0) is 6.54 Å². The van der Waals surface area contributed by atoms with Crippen LogP contribution in [0.5, 0.6) is 0 Å². The molecule has 0 N–H and O–H groups in total. The molecule has 0 radical (unpaired) electrons. The summed E-state index contributed by atoms with van der Waals surface area (Å²) < 4.78 is 18.7. The number of halogens is 1. The van der Waals surface area contributed by atoms with Crippen LogP contribution in [0.25, 0.3) is 22.2 Å². The second-order valence-electron chi connectivity index (χ2n) is 8.08. The molecule has 1 aliphatic heterocycles. The first-order chi connectivity index (χ1) is 15.6. The summed E-state index contributed by atoms with van der Waals surface area (Å²) in [6.07, 6.45) is 0. The number of hydrogen-bond acceptors (Lipinski definition) is 5. The molecule has 2 aromatic carbocycles. The second kappa shape index (κ2) is 8.51. The first-order valence-electron chi connectivity index (χ1n) is 10.7. The van der Waals surface area contributed by atoms with Gasteiger partial charge in [0.1, 0.15) is 5.82 Å². The maximum atomic E-state index is 13.5. The zero-order valence-corrected chi connectivity index (χ0v) is 17.8. The highest BCUT2D eigenvalue weighted by molar-refractivity contribution is 6.07. The van der Waals surface area contributed by atoms with E-state index in [0.717, 1.165) is 41.0 Å². The summed E-state index contributed by atoms with van der Waals surface area (Å²) in [6, 6.07) is 17.6. The van der Waals surface area contributed by atoms with Gasteiger partial charge in [0, 0.05) is 43.2 Å². The summed E-state index contributed by atoms with van der Waals surface area (Å²) >= 11 is 0. The van der Waals surface area contributed by atoms with E-state index in [1.54, 1.807) is 12.1 Å². The number of hydrogen-bond donors (Lipinski definition) is 0. The largest absolute Gasteiger partial charge is 0.360 e. The lowest BCUT2D eigenvalue weighted by Gasteiger charge is -2.34. The molecular formula is C25H23FN4O2. The van der Waals surface area contributed by atoms with Crippen LogP contribution in [0, 0.1) is 12.7 Å². The highest BCUT2D eigenvalue weighted by Gasteiger charge is 2.25. The van der Waals surface area contributed by atoms with Crippen LogP contribution in [0.4, 0.5) is 4.39 Å². The maximum absolute atomic E-state index is 13.5. The van der Waals surface area contributed by atoms with Gasteiger partial charge in [-0.05, 0) is 43.3 Å². The molecule has 6 nitrogen and oxygen atoms in total. The van der Waals surface area contributed by atoms with Crippen molar-refractivity contribution in [1.29, 1.82) is 0 Å². The van der Waals surface area contributed by atoms with Crippen molar-refractivity contribution in [3.8, 4) is 11.3 Å². The fourth-order valence-corrected chi connectivity index (χ4v) is 4.11. The average Bonchev–Trinajstić information content (AvgIpc) is 3.23. The van der Waals surface area contributed by atoms with Gasteiger partial charge in [0.05, 0.1) is 29.0 Å². The first-order valence-corrected chi connectivity index (χ1v) is 10.7. The lowest BCUT2D eigenvalue weighted by atomic mass is 10.0. The molecule has 0 bridgehead atoms. The molecule has 0 spiro atoms. The van der Waals surface area contributed by atoms with E-state index in [9.17, 15) is 9.18 Å². The molecule has 0 saturated carbocycles. The minimum atomic E-state index is -0.302. The van der Waals surface area contributed by atoms with Crippen LogP contribution in [0.2, 0.25) is 0 Å². The molecule has 7 heteroatoms.